The molecule has 124 valence electrons. The van der Waals surface area contributed by atoms with E-state index in [4.69, 9.17) is 0 Å². The quantitative estimate of drug-likeness (QED) is 0.929. The Bertz CT molecular complexity index is 767. The summed E-state index contributed by atoms with van der Waals surface area (Å²) < 4.78 is 13.2. The van der Waals surface area contributed by atoms with Crippen LogP contribution in [0, 0.1) is 12.7 Å². The van der Waals surface area contributed by atoms with Crippen molar-refractivity contribution in [3.8, 4) is 0 Å². The molecular formula is C17H16FN3O2S. The van der Waals surface area contributed by atoms with Crippen LogP contribution in [0.3, 0.4) is 0 Å². The first-order chi connectivity index (χ1) is 11.5. The molecule has 2 aromatic rings. The Balaban J connectivity index is 1.73. The highest BCUT2D eigenvalue weighted by atomic mass is 32.2. The van der Waals surface area contributed by atoms with Crippen molar-refractivity contribution in [2.75, 3.05) is 16.9 Å². The maximum Gasteiger partial charge on any atom is 0.256 e. The smallest absolute Gasteiger partial charge is 0.256 e. The highest BCUT2D eigenvalue weighted by Crippen LogP contribution is 2.24. The van der Waals surface area contributed by atoms with Crippen LogP contribution in [0.4, 0.5) is 10.1 Å². The number of rotatable bonds is 3. The lowest BCUT2D eigenvalue weighted by atomic mass is 10.2. The van der Waals surface area contributed by atoms with Crippen LogP contribution in [-0.4, -0.2) is 39.4 Å². The van der Waals surface area contributed by atoms with Crippen LogP contribution in [0.2, 0.25) is 0 Å². The topological polar surface area (TPSA) is 62.3 Å². The van der Waals surface area contributed by atoms with Crippen molar-refractivity contribution in [3.63, 3.8) is 0 Å². The number of carbonyl (C=O) groups is 2. The van der Waals surface area contributed by atoms with Gasteiger partial charge < -0.3 is 10.2 Å². The zero-order valence-electron chi connectivity index (χ0n) is 13.0. The minimum absolute atomic E-state index is 0.230. The molecule has 2 amide bonds. The molecule has 0 radical (unpaired) electrons. The normalized spacial score (nSPS) is 16.9. The Labute approximate surface area is 143 Å². The Morgan fingerprint density at radius 3 is 2.88 bits per heavy atom. The highest BCUT2D eigenvalue weighted by molar-refractivity contribution is 7.99. The molecule has 1 saturated heterocycles. The average Bonchev–Trinajstić information content (AvgIpc) is 3.04. The number of nitrogens with one attached hydrogen (secondary N) is 1. The predicted octanol–water partition coefficient (Wildman–Crippen LogP) is 2.68. The van der Waals surface area contributed by atoms with Crippen LogP contribution in [0.15, 0.2) is 42.6 Å². The molecule has 1 N–H and O–H groups in total. The van der Waals surface area contributed by atoms with Crippen molar-refractivity contribution >= 4 is 29.3 Å². The van der Waals surface area contributed by atoms with E-state index in [9.17, 15) is 14.0 Å². The molecule has 1 aromatic heterocycles. The lowest BCUT2D eigenvalue weighted by Crippen LogP contribution is -2.44. The number of hydrogen-bond donors (Lipinski definition) is 1. The molecule has 0 bridgehead atoms. The number of carbonyl (C=O) groups excluding carboxylic acids is 2. The molecular weight excluding hydrogens is 329 g/mol. The maximum atomic E-state index is 13.2. The molecule has 2 heterocycles. The Hall–Kier alpha value is -2.41. The van der Waals surface area contributed by atoms with Gasteiger partial charge >= 0.3 is 0 Å². The fourth-order valence-electron chi connectivity index (χ4n) is 2.41. The van der Waals surface area contributed by atoms with Gasteiger partial charge in [-0.25, -0.2) is 4.39 Å². The van der Waals surface area contributed by atoms with Gasteiger partial charge in [-0.05, 0) is 37.3 Å². The van der Waals surface area contributed by atoms with Gasteiger partial charge in [-0.3, -0.25) is 14.6 Å². The van der Waals surface area contributed by atoms with Gasteiger partial charge in [-0.2, -0.15) is 0 Å². The molecule has 0 spiro atoms. The standard InChI is InChI=1S/C17H16FN3O2S/c1-11-5-6-12(8-19-11)17(23)21-10-24-9-15(21)16(22)20-14-4-2-3-13(18)7-14/h2-8,15H,9-10H2,1H3,(H,20,22)/t15-/m1/s1. The molecule has 0 unspecified atom stereocenters. The van der Waals surface area contributed by atoms with Gasteiger partial charge in [0.1, 0.15) is 11.9 Å². The monoisotopic (exact) mass is 345 g/mol. The molecule has 0 saturated carbocycles. The molecule has 1 fully saturated rings. The van der Waals surface area contributed by atoms with Crippen LogP contribution in [0.25, 0.3) is 0 Å². The average molecular weight is 345 g/mol. The van der Waals surface area contributed by atoms with E-state index in [1.165, 1.54) is 41.1 Å². The van der Waals surface area contributed by atoms with Crippen molar-refractivity contribution in [3.05, 3.63) is 59.7 Å². The Morgan fingerprint density at radius 2 is 2.17 bits per heavy atom. The van der Waals surface area contributed by atoms with E-state index in [0.29, 0.717) is 22.9 Å². The second-order valence-electron chi connectivity index (χ2n) is 5.48. The third-order valence-corrected chi connectivity index (χ3v) is 4.71. The van der Waals surface area contributed by atoms with Crippen molar-refractivity contribution in [1.82, 2.24) is 9.88 Å². The largest absolute Gasteiger partial charge is 0.324 e. The number of anilines is 1. The Morgan fingerprint density at radius 1 is 1.33 bits per heavy atom. The lowest BCUT2D eigenvalue weighted by Gasteiger charge is -2.23. The molecule has 1 aliphatic heterocycles. The number of nitrogens with zero attached hydrogens (tertiary/aromatic N) is 2. The van der Waals surface area contributed by atoms with E-state index in [-0.39, 0.29) is 11.8 Å². The van der Waals surface area contributed by atoms with Gasteiger partial charge in [0.05, 0.1) is 11.4 Å². The number of hydrogen-bond acceptors (Lipinski definition) is 4. The van der Waals surface area contributed by atoms with Crippen LogP contribution >= 0.6 is 11.8 Å². The van der Waals surface area contributed by atoms with E-state index >= 15 is 0 Å². The van der Waals surface area contributed by atoms with Crippen molar-refractivity contribution in [1.29, 1.82) is 0 Å². The molecule has 1 aliphatic rings. The predicted molar refractivity (Wildman–Crippen MR) is 91.3 cm³/mol. The number of aromatic nitrogens is 1. The zero-order chi connectivity index (χ0) is 17.1. The number of benzene rings is 1. The summed E-state index contributed by atoms with van der Waals surface area (Å²) in [5.41, 5.74) is 1.65. The summed E-state index contributed by atoms with van der Waals surface area (Å²) in [6, 6.07) is 8.56. The first-order valence-electron chi connectivity index (χ1n) is 7.42. The summed E-state index contributed by atoms with van der Waals surface area (Å²) in [5, 5.41) is 2.67. The molecule has 7 heteroatoms. The van der Waals surface area contributed by atoms with Crippen molar-refractivity contribution in [2.45, 2.75) is 13.0 Å². The first-order valence-corrected chi connectivity index (χ1v) is 8.58. The highest BCUT2D eigenvalue weighted by Gasteiger charge is 2.35. The zero-order valence-corrected chi connectivity index (χ0v) is 13.8. The van der Waals surface area contributed by atoms with Gasteiger partial charge in [0, 0.05) is 23.3 Å². The number of amides is 2. The van der Waals surface area contributed by atoms with Gasteiger partial charge in [0.15, 0.2) is 0 Å². The van der Waals surface area contributed by atoms with Gasteiger partial charge in [0.2, 0.25) is 5.91 Å². The van der Waals surface area contributed by atoms with E-state index in [0.717, 1.165) is 5.69 Å². The van der Waals surface area contributed by atoms with E-state index in [1.54, 1.807) is 18.2 Å². The number of aryl methyl sites for hydroxylation is 1. The van der Waals surface area contributed by atoms with Gasteiger partial charge in [-0.1, -0.05) is 6.07 Å². The van der Waals surface area contributed by atoms with Gasteiger partial charge in [-0.15, -0.1) is 11.8 Å². The van der Waals surface area contributed by atoms with E-state index in [1.807, 2.05) is 6.92 Å². The fraction of sp³-hybridized carbons (Fsp3) is 0.235. The summed E-state index contributed by atoms with van der Waals surface area (Å²) in [5.74, 6) is -0.0293. The minimum atomic E-state index is -0.591. The fourth-order valence-corrected chi connectivity index (χ4v) is 3.57. The summed E-state index contributed by atoms with van der Waals surface area (Å²) in [4.78, 5) is 30.7. The number of thioether (sulfide) groups is 1. The molecule has 24 heavy (non-hydrogen) atoms. The first kappa shape index (κ1) is 16.4. The maximum absolute atomic E-state index is 13.2. The van der Waals surface area contributed by atoms with Crippen molar-refractivity contribution in [2.24, 2.45) is 0 Å². The van der Waals surface area contributed by atoms with Crippen LogP contribution in [-0.2, 0) is 4.79 Å². The van der Waals surface area contributed by atoms with Gasteiger partial charge in [0.25, 0.3) is 5.91 Å². The van der Waals surface area contributed by atoms with Crippen LogP contribution in [0.5, 0.6) is 0 Å². The molecule has 1 aromatic carbocycles. The Kier molecular flexibility index (Phi) is 4.80. The second-order valence-corrected chi connectivity index (χ2v) is 6.48. The third kappa shape index (κ3) is 3.56. The third-order valence-electron chi connectivity index (χ3n) is 3.70. The number of halogens is 1. The second kappa shape index (κ2) is 7.00. The van der Waals surface area contributed by atoms with E-state index in [2.05, 4.69) is 10.3 Å². The summed E-state index contributed by atoms with van der Waals surface area (Å²) in [6.45, 7) is 1.84. The summed E-state index contributed by atoms with van der Waals surface area (Å²) >= 11 is 1.51. The SMILES string of the molecule is Cc1ccc(C(=O)N2CSC[C@@H]2C(=O)Nc2cccc(F)c2)cn1. The minimum Gasteiger partial charge on any atom is -0.324 e. The van der Waals surface area contributed by atoms with E-state index < -0.39 is 11.9 Å². The van der Waals surface area contributed by atoms with Crippen molar-refractivity contribution < 1.29 is 14.0 Å². The molecule has 1 atom stereocenters. The lowest BCUT2D eigenvalue weighted by molar-refractivity contribution is -0.119. The summed E-state index contributed by atoms with van der Waals surface area (Å²) in [7, 11) is 0. The van der Waals surface area contributed by atoms with Crippen LogP contribution in [0.1, 0.15) is 16.1 Å². The van der Waals surface area contributed by atoms with Crippen LogP contribution < -0.4 is 5.32 Å². The molecule has 0 aliphatic carbocycles. The number of pyridine rings is 1. The molecule has 3 rings (SSSR count). The summed E-state index contributed by atoms with van der Waals surface area (Å²) in [6.07, 6.45) is 1.52. The molecule has 5 nitrogen and oxygen atoms in total.